The minimum absolute atomic E-state index is 0.129. The second-order valence-electron chi connectivity index (χ2n) is 7.50. The summed E-state index contributed by atoms with van der Waals surface area (Å²) < 4.78 is 27.4. The topological polar surface area (TPSA) is 110 Å². The smallest absolute Gasteiger partial charge is 0.250 e. The number of benzene rings is 2. The van der Waals surface area contributed by atoms with E-state index in [1.54, 1.807) is 25.1 Å². The summed E-state index contributed by atoms with van der Waals surface area (Å²) in [6.45, 7) is 4.23. The molecule has 1 aliphatic rings. The van der Waals surface area contributed by atoms with Crippen molar-refractivity contribution in [3.05, 3.63) is 58.1 Å². The van der Waals surface area contributed by atoms with E-state index in [1.165, 1.54) is 16.4 Å². The fraction of sp³-hybridized carbons (Fsp3) is 0.333. The van der Waals surface area contributed by atoms with Gasteiger partial charge in [-0.25, -0.2) is 8.42 Å². The van der Waals surface area contributed by atoms with E-state index >= 15 is 0 Å². The highest BCUT2D eigenvalue weighted by molar-refractivity contribution is 7.89. The number of carbonyl (C=O) groups is 2. The predicted octanol–water partition coefficient (Wildman–Crippen LogP) is 3.10. The average molecular weight is 450 g/mol. The summed E-state index contributed by atoms with van der Waals surface area (Å²) in [7, 11) is -3.60. The molecule has 0 saturated carbocycles. The van der Waals surface area contributed by atoms with Crippen LogP contribution < -0.4 is 11.1 Å². The third-order valence-corrected chi connectivity index (χ3v) is 7.66. The lowest BCUT2D eigenvalue weighted by atomic mass is 9.97. The van der Waals surface area contributed by atoms with Gasteiger partial charge in [0.15, 0.2) is 0 Å². The first-order valence-electron chi connectivity index (χ1n) is 9.57. The van der Waals surface area contributed by atoms with Crippen LogP contribution in [-0.2, 0) is 14.8 Å². The van der Waals surface area contributed by atoms with Crippen LogP contribution in [0.3, 0.4) is 0 Å². The van der Waals surface area contributed by atoms with Crippen LogP contribution in [0.25, 0.3) is 0 Å². The van der Waals surface area contributed by atoms with Crippen LogP contribution in [0.4, 0.5) is 5.69 Å². The number of nitrogens with two attached hydrogens (primary N) is 1. The lowest BCUT2D eigenvalue weighted by molar-refractivity contribution is -0.120. The third kappa shape index (κ3) is 4.66. The molecule has 2 aromatic carbocycles. The van der Waals surface area contributed by atoms with Gasteiger partial charge in [0.25, 0.3) is 0 Å². The lowest BCUT2D eigenvalue weighted by Gasteiger charge is -2.31. The maximum absolute atomic E-state index is 13.0. The number of nitrogens with zero attached hydrogens (tertiary/aromatic N) is 1. The van der Waals surface area contributed by atoms with Crippen molar-refractivity contribution in [2.24, 2.45) is 11.7 Å². The van der Waals surface area contributed by atoms with Crippen molar-refractivity contribution in [1.82, 2.24) is 4.31 Å². The Bertz CT molecular complexity index is 1090. The summed E-state index contributed by atoms with van der Waals surface area (Å²) in [6, 6.07) is 9.78. The van der Waals surface area contributed by atoms with E-state index in [9.17, 15) is 18.0 Å². The van der Waals surface area contributed by atoms with E-state index in [0.717, 1.165) is 5.56 Å². The van der Waals surface area contributed by atoms with E-state index < -0.39 is 15.9 Å². The summed E-state index contributed by atoms with van der Waals surface area (Å²) in [5, 5.41) is 2.97. The van der Waals surface area contributed by atoms with Crippen LogP contribution in [0.1, 0.15) is 34.3 Å². The quantitative estimate of drug-likeness (QED) is 0.730. The molecule has 0 bridgehead atoms. The number of anilines is 1. The summed E-state index contributed by atoms with van der Waals surface area (Å²) in [6.07, 6.45) is 0.818. The number of primary amides is 1. The second kappa shape index (κ2) is 8.75. The zero-order chi connectivity index (χ0) is 22.1. The van der Waals surface area contributed by atoms with Crippen molar-refractivity contribution in [3.63, 3.8) is 0 Å². The maximum atomic E-state index is 13.0. The SMILES string of the molecule is Cc1ccc(S(=O)(=O)N2CCC(C(=O)Nc3ccc(Cl)c(C(N)=O)c3)CC2)c(C)c1. The lowest BCUT2D eigenvalue weighted by Crippen LogP contribution is -2.41. The van der Waals surface area contributed by atoms with Crippen LogP contribution in [0, 0.1) is 19.8 Å². The molecule has 0 aliphatic carbocycles. The molecule has 0 atom stereocenters. The number of hydrogen-bond donors (Lipinski definition) is 2. The van der Waals surface area contributed by atoms with E-state index in [4.69, 9.17) is 17.3 Å². The van der Waals surface area contributed by atoms with E-state index in [-0.39, 0.29) is 35.5 Å². The van der Waals surface area contributed by atoms with Crippen LogP contribution in [-0.4, -0.2) is 37.6 Å². The fourth-order valence-corrected chi connectivity index (χ4v) is 5.51. The molecule has 0 radical (unpaired) electrons. The number of carbonyl (C=O) groups excluding carboxylic acids is 2. The summed E-state index contributed by atoms with van der Waals surface area (Å²) in [5.74, 6) is -1.24. The molecule has 2 aromatic rings. The molecule has 160 valence electrons. The van der Waals surface area contributed by atoms with Crippen molar-refractivity contribution in [1.29, 1.82) is 0 Å². The second-order valence-corrected chi connectivity index (χ2v) is 9.81. The normalized spacial score (nSPS) is 15.7. The Kier molecular flexibility index (Phi) is 6.50. The van der Waals surface area contributed by atoms with Gasteiger partial charge in [-0.1, -0.05) is 29.3 Å². The number of hydrogen-bond acceptors (Lipinski definition) is 4. The molecular formula is C21H24ClN3O4S. The van der Waals surface area contributed by atoms with E-state index in [1.807, 2.05) is 13.0 Å². The van der Waals surface area contributed by atoms with Gasteiger partial charge in [0.2, 0.25) is 21.8 Å². The minimum Gasteiger partial charge on any atom is -0.366 e. The number of aryl methyl sites for hydroxylation is 2. The van der Waals surface area contributed by atoms with Crippen molar-refractivity contribution in [3.8, 4) is 0 Å². The van der Waals surface area contributed by atoms with Gasteiger partial charge in [0.1, 0.15) is 0 Å². The summed E-state index contributed by atoms with van der Waals surface area (Å²) in [5.41, 5.74) is 7.54. The molecule has 1 aliphatic heterocycles. The molecule has 3 N–H and O–H groups in total. The van der Waals surface area contributed by atoms with Crippen molar-refractivity contribution < 1.29 is 18.0 Å². The van der Waals surface area contributed by atoms with Gasteiger partial charge >= 0.3 is 0 Å². The first-order valence-corrected chi connectivity index (χ1v) is 11.4. The molecule has 2 amide bonds. The van der Waals surface area contributed by atoms with Gasteiger partial charge in [-0.05, 0) is 56.5 Å². The molecule has 0 unspecified atom stereocenters. The van der Waals surface area contributed by atoms with Gasteiger partial charge in [-0.3, -0.25) is 9.59 Å². The molecule has 30 heavy (non-hydrogen) atoms. The van der Waals surface area contributed by atoms with Gasteiger partial charge in [0, 0.05) is 24.7 Å². The van der Waals surface area contributed by atoms with E-state index in [0.29, 0.717) is 29.0 Å². The summed E-state index contributed by atoms with van der Waals surface area (Å²) >= 11 is 5.93. The predicted molar refractivity (Wildman–Crippen MR) is 116 cm³/mol. The average Bonchev–Trinajstić information content (AvgIpc) is 2.69. The number of sulfonamides is 1. The van der Waals surface area contributed by atoms with Crippen molar-refractivity contribution >= 4 is 39.1 Å². The zero-order valence-corrected chi connectivity index (χ0v) is 18.4. The van der Waals surface area contributed by atoms with Gasteiger partial charge in [-0.15, -0.1) is 0 Å². The van der Waals surface area contributed by atoms with Crippen molar-refractivity contribution in [2.45, 2.75) is 31.6 Å². The Hall–Kier alpha value is -2.42. The van der Waals surface area contributed by atoms with Gasteiger partial charge in [-0.2, -0.15) is 4.31 Å². The van der Waals surface area contributed by atoms with Crippen LogP contribution in [0.2, 0.25) is 5.02 Å². The number of rotatable bonds is 5. The number of halogens is 1. The molecule has 1 heterocycles. The molecule has 0 aromatic heterocycles. The van der Waals surface area contributed by atoms with Crippen LogP contribution in [0.5, 0.6) is 0 Å². The van der Waals surface area contributed by atoms with Gasteiger partial charge < -0.3 is 11.1 Å². The first kappa shape index (κ1) is 22.3. The molecule has 1 saturated heterocycles. The Balaban J connectivity index is 1.66. The fourth-order valence-electron chi connectivity index (χ4n) is 3.62. The third-order valence-electron chi connectivity index (χ3n) is 5.27. The Morgan fingerprint density at radius 3 is 2.37 bits per heavy atom. The summed E-state index contributed by atoms with van der Waals surface area (Å²) in [4.78, 5) is 24.3. The van der Waals surface area contributed by atoms with Crippen LogP contribution in [0.15, 0.2) is 41.3 Å². The molecule has 9 heteroatoms. The molecular weight excluding hydrogens is 426 g/mol. The highest BCUT2D eigenvalue weighted by atomic mass is 35.5. The molecule has 3 rings (SSSR count). The number of piperidine rings is 1. The van der Waals surface area contributed by atoms with Gasteiger partial charge in [0.05, 0.1) is 15.5 Å². The Labute approximate surface area is 181 Å². The first-order chi connectivity index (χ1) is 14.1. The molecule has 1 fully saturated rings. The number of amides is 2. The maximum Gasteiger partial charge on any atom is 0.250 e. The highest BCUT2D eigenvalue weighted by Crippen LogP contribution is 2.27. The standard InChI is InChI=1S/C21H24ClN3O4S/c1-13-3-6-19(14(2)11-13)30(28,29)25-9-7-15(8-10-25)21(27)24-16-4-5-18(22)17(12-16)20(23)26/h3-6,11-12,15H,7-10H2,1-2H3,(H2,23,26)(H,24,27). The van der Waals surface area contributed by atoms with Crippen molar-refractivity contribution in [2.75, 3.05) is 18.4 Å². The van der Waals surface area contributed by atoms with Crippen LogP contribution >= 0.6 is 11.6 Å². The zero-order valence-electron chi connectivity index (χ0n) is 16.8. The number of nitrogens with one attached hydrogen (secondary N) is 1. The Morgan fingerprint density at radius 2 is 1.77 bits per heavy atom. The molecule has 7 nitrogen and oxygen atoms in total. The van der Waals surface area contributed by atoms with E-state index in [2.05, 4.69) is 5.32 Å². The Morgan fingerprint density at radius 1 is 1.10 bits per heavy atom. The minimum atomic E-state index is -3.60. The highest BCUT2D eigenvalue weighted by Gasteiger charge is 2.32. The molecule has 0 spiro atoms. The largest absolute Gasteiger partial charge is 0.366 e. The monoisotopic (exact) mass is 449 g/mol.